The van der Waals surface area contributed by atoms with Crippen LogP contribution < -0.4 is 10.9 Å². The quantitative estimate of drug-likeness (QED) is 0.874. The van der Waals surface area contributed by atoms with Gasteiger partial charge in [-0.25, -0.2) is 4.68 Å². The van der Waals surface area contributed by atoms with Gasteiger partial charge in [-0.1, -0.05) is 0 Å². The van der Waals surface area contributed by atoms with Crippen molar-refractivity contribution < 1.29 is 4.21 Å². The highest BCUT2D eigenvalue weighted by Crippen LogP contribution is 2.15. The first-order chi connectivity index (χ1) is 7.56. The van der Waals surface area contributed by atoms with Crippen LogP contribution in [0.2, 0.25) is 0 Å². The highest BCUT2D eigenvalue weighted by molar-refractivity contribution is 9.10. The summed E-state index contributed by atoms with van der Waals surface area (Å²) in [5.41, 5.74) is 0.477. The molecule has 16 heavy (non-hydrogen) atoms. The van der Waals surface area contributed by atoms with Crippen LogP contribution in [0.25, 0.3) is 0 Å². The fourth-order valence-electron chi connectivity index (χ4n) is 1.14. The number of aryl methyl sites for hydroxylation is 1. The zero-order valence-corrected chi connectivity index (χ0v) is 11.6. The molecule has 5 nitrogen and oxygen atoms in total. The van der Waals surface area contributed by atoms with Crippen molar-refractivity contribution in [2.45, 2.75) is 13.5 Å². The van der Waals surface area contributed by atoms with E-state index < -0.39 is 10.8 Å². The summed E-state index contributed by atoms with van der Waals surface area (Å²) < 4.78 is 12.7. The fourth-order valence-corrected chi connectivity index (χ4v) is 1.98. The van der Waals surface area contributed by atoms with Crippen LogP contribution in [-0.2, 0) is 17.3 Å². The minimum atomic E-state index is -0.839. The Kier molecular flexibility index (Phi) is 5.14. The molecule has 0 radical (unpaired) electrons. The molecule has 7 heteroatoms. The molecule has 0 bridgehead atoms. The Bertz CT molecular complexity index is 447. The highest BCUT2D eigenvalue weighted by atomic mass is 79.9. The second kappa shape index (κ2) is 6.15. The molecule has 1 rings (SSSR count). The van der Waals surface area contributed by atoms with Crippen LogP contribution in [0.1, 0.15) is 6.92 Å². The molecule has 1 N–H and O–H groups in total. The number of anilines is 1. The van der Waals surface area contributed by atoms with Crippen LogP contribution in [0.4, 0.5) is 5.69 Å². The first-order valence-electron chi connectivity index (χ1n) is 4.85. The predicted molar refractivity (Wildman–Crippen MR) is 69.3 cm³/mol. The van der Waals surface area contributed by atoms with Crippen molar-refractivity contribution >= 4 is 32.4 Å². The van der Waals surface area contributed by atoms with Crippen molar-refractivity contribution in [1.29, 1.82) is 0 Å². The Morgan fingerprint density at radius 2 is 2.31 bits per heavy atom. The average Bonchev–Trinajstić information content (AvgIpc) is 2.24. The van der Waals surface area contributed by atoms with E-state index in [2.05, 4.69) is 26.3 Å². The Hall–Kier alpha value is -0.690. The van der Waals surface area contributed by atoms with Gasteiger partial charge in [0, 0.05) is 35.9 Å². The minimum Gasteiger partial charge on any atom is -0.382 e. The van der Waals surface area contributed by atoms with E-state index in [4.69, 9.17) is 0 Å². The molecule has 0 spiro atoms. The van der Waals surface area contributed by atoms with Gasteiger partial charge in [-0.2, -0.15) is 5.10 Å². The summed E-state index contributed by atoms with van der Waals surface area (Å²) in [4.78, 5) is 11.7. The Morgan fingerprint density at radius 3 is 2.88 bits per heavy atom. The number of nitrogens with zero attached hydrogens (tertiary/aromatic N) is 2. The molecule has 0 aliphatic heterocycles. The number of halogens is 1. The van der Waals surface area contributed by atoms with Crippen molar-refractivity contribution in [2.24, 2.45) is 0 Å². The molecular formula is C9H14BrN3O2S. The third-order valence-corrected chi connectivity index (χ3v) is 3.53. The predicted octanol–water partition coefficient (Wildman–Crippen LogP) is 0.816. The number of rotatable bonds is 5. The summed E-state index contributed by atoms with van der Waals surface area (Å²) in [6.45, 7) is 2.95. The van der Waals surface area contributed by atoms with Gasteiger partial charge in [-0.15, -0.1) is 0 Å². The second-order valence-electron chi connectivity index (χ2n) is 3.20. The summed E-state index contributed by atoms with van der Waals surface area (Å²) in [5, 5.41) is 7.01. The maximum Gasteiger partial charge on any atom is 0.283 e. The van der Waals surface area contributed by atoms with Crippen LogP contribution in [0.15, 0.2) is 15.5 Å². The van der Waals surface area contributed by atoms with E-state index in [1.807, 2.05) is 6.92 Å². The van der Waals surface area contributed by atoms with Crippen molar-refractivity contribution in [3.05, 3.63) is 21.0 Å². The molecule has 1 heterocycles. The van der Waals surface area contributed by atoms with Gasteiger partial charge in [0.25, 0.3) is 5.56 Å². The van der Waals surface area contributed by atoms with E-state index in [1.165, 1.54) is 4.68 Å². The van der Waals surface area contributed by atoms with E-state index in [0.717, 1.165) is 0 Å². The number of hydrogen-bond donors (Lipinski definition) is 1. The summed E-state index contributed by atoms with van der Waals surface area (Å²) in [7, 11) is -0.839. The molecule has 0 fully saturated rings. The standard InChI is InChI=1S/C9H14BrN3O2S/c1-3-13-9(14)8(10)7(6-12-13)11-4-5-16(2)15/h6,11H,3-5H2,1-2H3. The van der Waals surface area contributed by atoms with Gasteiger partial charge >= 0.3 is 0 Å². The van der Waals surface area contributed by atoms with Gasteiger partial charge in [-0.05, 0) is 22.9 Å². The van der Waals surface area contributed by atoms with E-state index >= 15 is 0 Å². The third-order valence-electron chi connectivity index (χ3n) is 1.99. The second-order valence-corrected chi connectivity index (χ2v) is 5.54. The van der Waals surface area contributed by atoms with E-state index in [1.54, 1.807) is 12.5 Å². The SMILES string of the molecule is CCn1ncc(NCCS(C)=O)c(Br)c1=O. The average molecular weight is 308 g/mol. The van der Waals surface area contributed by atoms with Crippen LogP contribution in [0.3, 0.4) is 0 Å². The maximum atomic E-state index is 11.7. The van der Waals surface area contributed by atoms with Crippen LogP contribution in [-0.4, -0.2) is 32.5 Å². The third kappa shape index (κ3) is 3.41. The molecule has 0 saturated carbocycles. The lowest BCUT2D eigenvalue weighted by molar-refractivity contribution is 0.613. The van der Waals surface area contributed by atoms with E-state index in [9.17, 15) is 9.00 Å². The van der Waals surface area contributed by atoms with Crippen molar-refractivity contribution in [3.63, 3.8) is 0 Å². The summed E-state index contributed by atoms with van der Waals surface area (Å²) in [6, 6.07) is 0. The Labute approximate surface area is 105 Å². The van der Waals surface area contributed by atoms with Crippen molar-refractivity contribution in [1.82, 2.24) is 9.78 Å². The van der Waals surface area contributed by atoms with Crippen molar-refractivity contribution in [3.8, 4) is 0 Å². The normalized spacial score (nSPS) is 12.4. The minimum absolute atomic E-state index is 0.162. The molecule has 90 valence electrons. The molecule has 0 aromatic carbocycles. The molecule has 0 saturated heterocycles. The lowest BCUT2D eigenvalue weighted by Gasteiger charge is -2.08. The molecule has 1 unspecified atom stereocenters. The summed E-state index contributed by atoms with van der Waals surface area (Å²) in [6.07, 6.45) is 3.23. The number of aromatic nitrogens is 2. The zero-order chi connectivity index (χ0) is 12.1. The summed E-state index contributed by atoms with van der Waals surface area (Å²) in [5.74, 6) is 0.545. The lowest BCUT2D eigenvalue weighted by Crippen LogP contribution is -2.24. The van der Waals surface area contributed by atoms with Gasteiger partial charge in [0.05, 0.1) is 11.9 Å². The van der Waals surface area contributed by atoms with Gasteiger partial charge in [0.2, 0.25) is 0 Å². The first-order valence-corrected chi connectivity index (χ1v) is 7.37. The Balaban J connectivity index is 2.79. The Morgan fingerprint density at radius 1 is 1.62 bits per heavy atom. The molecule has 0 amide bonds. The van der Waals surface area contributed by atoms with Gasteiger partial charge in [-0.3, -0.25) is 9.00 Å². The fraction of sp³-hybridized carbons (Fsp3) is 0.556. The molecule has 1 aromatic rings. The maximum absolute atomic E-state index is 11.7. The van der Waals surface area contributed by atoms with Gasteiger partial charge < -0.3 is 5.32 Å². The van der Waals surface area contributed by atoms with E-state index in [-0.39, 0.29) is 5.56 Å². The van der Waals surface area contributed by atoms with Crippen molar-refractivity contribution in [2.75, 3.05) is 23.9 Å². The monoisotopic (exact) mass is 307 g/mol. The molecular weight excluding hydrogens is 294 g/mol. The largest absolute Gasteiger partial charge is 0.382 e. The number of hydrogen-bond acceptors (Lipinski definition) is 4. The first kappa shape index (κ1) is 13.4. The van der Waals surface area contributed by atoms with E-state index in [0.29, 0.717) is 29.0 Å². The lowest BCUT2D eigenvalue weighted by atomic mass is 10.4. The zero-order valence-electron chi connectivity index (χ0n) is 9.20. The number of nitrogens with one attached hydrogen (secondary N) is 1. The molecule has 1 aromatic heterocycles. The van der Waals surface area contributed by atoms with Crippen LogP contribution >= 0.6 is 15.9 Å². The molecule has 1 atom stereocenters. The molecule has 0 aliphatic carbocycles. The smallest absolute Gasteiger partial charge is 0.283 e. The van der Waals surface area contributed by atoms with Gasteiger partial charge in [0.1, 0.15) is 4.47 Å². The van der Waals surface area contributed by atoms with Crippen LogP contribution in [0.5, 0.6) is 0 Å². The van der Waals surface area contributed by atoms with Gasteiger partial charge in [0.15, 0.2) is 0 Å². The highest BCUT2D eigenvalue weighted by Gasteiger charge is 2.07. The topological polar surface area (TPSA) is 64.0 Å². The summed E-state index contributed by atoms with van der Waals surface area (Å²) >= 11 is 3.23. The molecule has 0 aliphatic rings. The van der Waals surface area contributed by atoms with Crippen LogP contribution in [0, 0.1) is 0 Å².